The van der Waals surface area contributed by atoms with Gasteiger partial charge in [-0.3, -0.25) is 0 Å². The van der Waals surface area contributed by atoms with E-state index in [-0.39, 0.29) is 21.7 Å². The van der Waals surface area contributed by atoms with Gasteiger partial charge in [-0.25, -0.2) is 9.97 Å². The number of aromatic nitrogens is 4. The van der Waals surface area contributed by atoms with Gasteiger partial charge in [-0.2, -0.15) is 0 Å². The zero-order chi connectivity index (χ0) is 55.0. The second-order valence-electron chi connectivity index (χ2n) is 25.5. The molecule has 0 atom stereocenters. The number of nitrogens with one attached hydrogen (secondary N) is 2. The van der Waals surface area contributed by atoms with Crippen molar-refractivity contribution in [3.8, 4) is 44.5 Å². The maximum atomic E-state index is 6.24. The highest BCUT2D eigenvalue weighted by atomic mass is 16.7. The first kappa shape index (κ1) is 52.5. The van der Waals surface area contributed by atoms with E-state index in [1.165, 1.54) is 0 Å². The van der Waals surface area contributed by atoms with Crippen LogP contribution in [0.4, 0.5) is 0 Å². The van der Waals surface area contributed by atoms with E-state index >= 15 is 0 Å². The van der Waals surface area contributed by atoms with E-state index in [9.17, 15) is 0 Å². The molecule has 0 radical (unpaired) electrons. The van der Waals surface area contributed by atoms with E-state index in [2.05, 4.69) is 211 Å². The summed E-state index contributed by atoms with van der Waals surface area (Å²) in [5, 5.41) is 0. The van der Waals surface area contributed by atoms with Crippen molar-refractivity contribution < 1.29 is 37.9 Å². The second kappa shape index (κ2) is 20.6. The van der Waals surface area contributed by atoms with Gasteiger partial charge in [0.15, 0.2) is 25.2 Å². The Hall–Kier alpha value is -6.84. The van der Waals surface area contributed by atoms with Gasteiger partial charge in [0, 0.05) is 88.2 Å². The van der Waals surface area contributed by atoms with Crippen LogP contribution in [0.5, 0.6) is 0 Å². The fourth-order valence-electron chi connectivity index (χ4n) is 11.2. The second-order valence-corrected chi connectivity index (χ2v) is 25.5. The van der Waals surface area contributed by atoms with Crippen LogP contribution in [0.3, 0.4) is 0 Å². The third kappa shape index (κ3) is 10.7. The molecule has 12 nitrogen and oxygen atoms in total. The topological polar surface area (TPSA) is 131 Å². The van der Waals surface area contributed by atoms with E-state index in [0.29, 0.717) is 52.9 Å². The largest absolute Gasteiger partial charge is 0.354 e. The van der Waals surface area contributed by atoms with Crippen molar-refractivity contribution in [3.05, 3.63) is 166 Å². The molecule has 7 aromatic rings. The maximum absolute atomic E-state index is 6.24. The van der Waals surface area contributed by atoms with Crippen LogP contribution in [0.25, 0.3) is 90.9 Å². The van der Waals surface area contributed by atoms with Gasteiger partial charge in [0.05, 0.1) is 75.6 Å². The fourth-order valence-corrected chi connectivity index (χ4v) is 11.2. The van der Waals surface area contributed by atoms with E-state index in [0.717, 1.165) is 112 Å². The molecule has 8 bridgehead atoms. The third-order valence-corrected chi connectivity index (χ3v) is 15.6. The lowest BCUT2D eigenvalue weighted by Gasteiger charge is -2.34. The SMILES string of the molecule is CC1(C)COC(c2ccc(-c3c4nc(c(-c5ccc(C6OCC(C)(C)CO6)cc5)c5ccc([nH]5)c(-c5ccc(C6OCC(C)(C)CO6)cc5)c5nc(c(-c6ccc(C7OCC(C)(C)CO7)cc6)c6ccc3[nH]6)C=C5)C=C4)cc2)OC1. The Labute approximate surface area is 468 Å². The van der Waals surface area contributed by atoms with Crippen molar-refractivity contribution in [1.29, 1.82) is 0 Å². The number of rotatable bonds is 8. The molecule has 0 amide bonds. The standard InChI is InChI=1S/C68H70N4O8/c1-65(2)33-73-61(74-34-65)45-17-9-41(10-18-45)57-49-25-27-51(69-49)58(42-11-19-46(20-12-42)62-75-35-66(3,4)36-76-62)53-29-31-55(71-53)60(44-15-23-48(24-16-44)64-79-39-68(7,8)40-80-64)56-32-30-54(72-56)59(52-28-26-50(57)70-52)43-13-21-47(22-14-43)63-77-37-67(5,6)38-78-63/h9-32,61-64,69,72H,33-40H2,1-8H3. The predicted octanol–water partition coefficient (Wildman–Crippen LogP) is 15.6. The van der Waals surface area contributed by atoms with Crippen LogP contribution in [0.1, 0.15) is 126 Å². The summed E-state index contributed by atoms with van der Waals surface area (Å²) in [4.78, 5) is 19.0. The molecule has 0 unspecified atom stereocenters. The molecule has 80 heavy (non-hydrogen) atoms. The number of aromatic amines is 2. The smallest absolute Gasteiger partial charge is 0.183 e. The van der Waals surface area contributed by atoms with Crippen LogP contribution in [0.2, 0.25) is 0 Å². The monoisotopic (exact) mass is 1070 g/mol. The number of nitrogens with zero attached hydrogens (tertiary/aromatic N) is 2. The first-order chi connectivity index (χ1) is 38.5. The summed E-state index contributed by atoms with van der Waals surface area (Å²) in [6.45, 7) is 22.2. The first-order valence-electron chi connectivity index (χ1n) is 28.0. The molecule has 410 valence electrons. The molecule has 9 heterocycles. The fraction of sp³-hybridized carbons (Fsp3) is 0.353. The highest BCUT2D eigenvalue weighted by molar-refractivity contribution is 6.00. The van der Waals surface area contributed by atoms with Gasteiger partial charge in [-0.05, 0) is 70.8 Å². The minimum absolute atomic E-state index is 0.0455. The van der Waals surface area contributed by atoms with Crippen LogP contribution in [-0.2, 0) is 37.9 Å². The normalized spacial score (nSPS) is 20.3. The van der Waals surface area contributed by atoms with E-state index in [4.69, 9.17) is 47.9 Å². The molecule has 4 saturated heterocycles. The lowest BCUT2D eigenvalue weighted by molar-refractivity contribution is -0.226. The molecular formula is C68H70N4O8. The van der Waals surface area contributed by atoms with Crippen molar-refractivity contribution in [3.63, 3.8) is 0 Å². The minimum atomic E-state index is -0.443. The molecule has 13 rings (SSSR count). The number of benzene rings is 4. The Bertz CT molecular complexity index is 3180. The van der Waals surface area contributed by atoms with Gasteiger partial charge in [0.25, 0.3) is 0 Å². The molecule has 0 aliphatic carbocycles. The molecule has 0 spiro atoms. The summed E-state index contributed by atoms with van der Waals surface area (Å²) in [5.41, 5.74) is 18.2. The Morgan fingerprint density at radius 1 is 0.287 bits per heavy atom. The number of hydrogen-bond donors (Lipinski definition) is 2. The van der Waals surface area contributed by atoms with Crippen LogP contribution in [0, 0.1) is 21.7 Å². The third-order valence-electron chi connectivity index (χ3n) is 15.6. The van der Waals surface area contributed by atoms with Crippen molar-refractivity contribution in [2.45, 2.75) is 80.6 Å². The first-order valence-corrected chi connectivity index (χ1v) is 28.0. The zero-order valence-corrected chi connectivity index (χ0v) is 47.0. The summed E-state index contributed by atoms with van der Waals surface area (Å²) in [6, 6.07) is 42.6. The molecule has 12 heteroatoms. The summed E-state index contributed by atoms with van der Waals surface area (Å²) >= 11 is 0. The minimum Gasteiger partial charge on any atom is -0.354 e. The molecule has 4 aromatic carbocycles. The maximum Gasteiger partial charge on any atom is 0.183 e. The molecule has 6 aliphatic rings. The predicted molar refractivity (Wildman–Crippen MR) is 314 cm³/mol. The summed E-state index contributed by atoms with van der Waals surface area (Å²) < 4.78 is 49.9. The Morgan fingerprint density at radius 3 is 0.662 bits per heavy atom. The lowest BCUT2D eigenvalue weighted by Crippen LogP contribution is -2.33. The quantitative estimate of drug-likeness (QED) is 0.152. The van der Waals surface area contributed by atoms with Crippen LogP contribution in [0.15, 0.2) is 121 Å². The molecule has 0 saturated carbocycles. The van der Waals surface area contributed by atoms with Gasteiger partial charge in [0.2, 0.25) is 0 Å². The van der Waals surface area contributed by atoms with Gasteiger partial charge < -0.3 is 47.9 Å². The van der Waals surface area contributed by atoms with Crippen LogP contribution in [-0.4, -0.2) is 72.8 Å². The number of hydrogen-bond acceptors (Lipinski definition) is 10. The van der Waals surface area contributed by atoms with Crippen molar-refractivity contribution in [2.24, 2.45) is 21.7 Å². The van der Waals surface area contributed by atoms with Gasteiger partial charge >= 0.3 is 0 Å². The summed E-state index contributed by atoms with van der Waals surface area (Å²) in [5.74, 6) is 0. The van der Waals surface area contributed by atoms with E-state index in [1.807, 2.05) is 0 Å². The molecular weight excluding hydrogens is 1000 g/mol. The van der Waals surface area contributed by atoms with E-state index < -0.39 is 25.2 Å². The average molecular weight is 1070 g/mol. The van der Waals surface area contributed by atoms with Crippen molar-refractivity contribution in [2.75, 3.05) is 52.9 Å². The highest BCUT2D eigenvalue weighted by Gasteiger charge is 2.33. The van der Waals surface area contributed by atoms with Gasteiger partial charge in [0.1, 0.15) is 0 Å². The van der Waals surface area contributed by atoms with Gasteiger partial charge in [-0.15, -0.1) is 0 Å². The zero-order valence-electron chi connectivity index (χ0n) is 47.0. The highest BCUT2D eigenvalue weighted by Crippen LogP contribution is 2.42. The molecule has 4 fully saturated rings. The summed E-state index contributed by atoms with van der Waals surface area (Å²) in [6.07, 6.45) is 6.73. The number of H-pyrrole nitrogens is 2. The molecule has 3 aromatic heterocycles. The molecule has 6 aliphatic heterocycles. The average Bonchev–Trinajstić information content (AvgIpc) is 4.32. The Kier molecular flexibility index (Phi) is 13.5. The van der Waals surface area contributed by atoms with Gasteiger partial charge in [-0.1, -0.05) is 152 Å². The van der Waals surface area contributed by atoms with Crippen molar-refractivity contribution >= 4 is 46.4 Å². The number of ether oxygens (including phenoxy) is 8. The lowest BCUT2D eigenvalue weighted by atomic mass is 9.95. The summed E-state index contributed by atoms with van der Waals surface area (Å²) in [7, 11) is 0. The Morgan fingerprint density at radius 2 is 0.475 bits per heavy atom. The van der Waals surface area contributed by atoms with Crippen LogP contribution < -0.4 is 0 Å². The van der Waals surface area contributed by atoms with Crippen molar-refractivity contribution in [1.82, 2.24) is 19.9 Å². The Balaban J connectivity index is 1.02. The van der Waals surface area contributed by atoms with E-state index in [1.54, 1.807) is 0 Å². The molecule has 2 N–H and O–H groups in total. The number of fused-ring (bicyclic) bond motifs is 8. The van der Waals surface area contributed by atoms with Crippen LogP contribution >= 0.6 is 0 Å².